The molecular formula is C22H25N5O3S. The van der Waals surface area contributed by atoms with E-state index in [1.165, 1.54) is 11.3 Å². The minimum absolute atomic E-state index is 0.354. The summed E-state index contributed by atoms with van der Waals surface area (Å²) in [7, 11) is 0. The number of urea groups is 1. The number of ether oxygens (including phenoxy) is 1. The fourth-order valence-corrected chi connectivity index (χ4v) is 4.39. The summed E-state index contributed by atoms with van der Waals surface area (Å²) in [5, 5.41) is 19.0. The highest BCUT2D eigenvalue weighted by molar-refractivity contribution is 7.24. The molecule has 2 heterocycles. The number of aliphatic hydroxyl groups excluding tert-OH is 1. The summed E-state index contributed by atoms with van der Waals surface area (Å²) in [6, 6.07) is 14.6. The summed E-state index contributed by atoms with van der Waals surface area (Å²) < 4.78 is 9.10. The molecule has 2 amide bonds. The molecule has 0 radical (unpaired) electrons. The van der Waals surface area contributed by atoms with Crippen LogP contribution in [0.4, 0.5) is 10.5 Å². The van der Waals surface area contributed by atoms with Gasteiger partial charge in [-0.2, -0.15) is 0 Å². The molecule has 0 fully saturated rings. The topological polar surface area (TPSA) is 99.9 Å². The van der Waals surface area contributed by atoms with Gasteiger partial charge in [0, 0.05) is 11.9 Å². The first-order valence-electron chi connectivity index (χ1n) is 10.0. The summed E-state index contributed by atoms with van der Waals surface area (Å²) >= 11 is 1.53. The largest absolute Gasteiger partial charge is 0.471 e. The number of thiazole rings is 1. The van der Waals surface area contributed by atoms with Crippen LogP contribution in [0.2, 0.25) is 0 Å². The van der Waals surface area contributed by atoms with Crippen LogP contribution < -0.4 is 20.7 Å². The quantitative estimate of drug-likeness (QED) is 0.329. The van der Waals surface area contributed by atoms with Crippen LogP contribution in [0, 0.1) is 6.92 Å². The van der Waals surface area contributed by atoms with E-state index >= 15 is 0 Å². The van der Waals surface area contributed by atoms with Crippen LogP contribution in [0.5, 0.6) is 5.75 Å². The number of carbonyl (C=O) groups is 1. The van der Waals surface area contributed by atoms with Gasteiger partial charge in [-0.3, -0.25) is 9.72 Å². The third kappa shape index (κ3) is 4.79. The van der Waals surface area contributed by atoms with Gasteiger partial charge in [-0.1, -0.05) is 35.6 Å². The lowest BCUT2D eigenvalue weighted by atomic mass is 10.3. The average molecular weight is 440 g/mol. The van der Waals surface area contributed by atoms with Gasteiger partial charge in [-0.05, 0) is 45.0 Å². The van der Waals surface area contributed by atoms with Crippen molar-refractivity contribution in [2.24, 2.45) is 0 Å². The Morgan fingerprint density at radius 1 is 1.16 bits per heavy atom. The summed E-state index contributed by atoms with van der Waals surface area (Å²) in [6.07, 6.45) is -0.0118. The molecule has 4 aromatic rings. The smallest absolute Gasteiger partial charge is 0.320 e. The maximum Gasteiger partial charge on any atom is 0.320 e. The van der Waals surface area contributed by atoms with Crippen molar-refractivity contribution in [2.45, 2.75) is 39.3 Å². The molecule has 0 aliphatic rings. The van der Waals surface area contributed by atoms with E-state index in [-0.39, 0.29) is 6.03 Å². The Balaban J connectivity index is 1.45. The van der Waals surface area contributed by atoms with E-state index < -0.39 is 18.5 Å². The second-order valence-corrected chi connectivity index (χ2v) is 8.35. The number of anilines is 1. The number of carbonyl (C=O) groups excluding carboxylic acids is 1. The molecule has 3 atom stereocenters. The van der Waals surface area contributed by atoms with Crippen LogP contribution in [-0.4, -0.2) is 39.0 Å². The molecule has 4 rings (SSSR count). The summed E-state index contributed by atoms with van der Waals surface area (Å²) in [4.78, 5) is 17.6. The summed E-state index contributed by atoms with van der Waals surface area (Å²) in [6.45, 7) is 5.38. The van der Waals surface area contributed by atoms with Gasteiger partial charge < -0.3 is 20.5 Å². The third-order valence-electron chi connectivity index (χ3n) is 4.69. The van der Waals surface area contributed by atoms with Gasteiger partial charge in [0.25, 0.3) is 0 Å². The molecule has 0 saturated heterocycles. The normalized spacial score (nSPS) is 14.3. The van der Waals surface area contributed by atoms with Gasteiger partial charge in [0.15, 0.2) is 11.2 Å². The average Bonchev–Trinajstić information content (AvgIpc) is 3.24. The molecule has 0 spiro atoms. The van der Waals surface area contributed by atoms with Crippen molar-refractivity contribution in [1.82, 2.24) is 20.0 Å². The zero-order chi connectivity index (χ0) is 22.0. The Kier molecular flexibility index (Phi) is 6.08. The van der Waals surface area contributed by atoms with Crippen molar-refractivity contribution >= 4 is 38.2 Å². The SMILES string of the molecule is Cc1cn2c(n1)sc1c(OC(NC(C)NC(=O)Nc3ccccc3)C(C)O)cccc12. The van der Waals surface area contributed by atoms with Crippen molar-refractivity contribution in [2.75, 3.05) is 5.32 Å². The molecule has 9 heteroatoms. The molecule has 2 aromatic carbocycles. The number of imidazole rings is 1. The second kappa shape index (κ2) is 8.93. The van der Waals surface area contributed by atoms with E-state index in [1.54, 1.807) is 26.0 Å². The van der Waals surface area contributed by atoms with Crippen LogP contribution in [0.1, 0.15) is 19.5 Å². The number of hydrogen-bond donors (Lipinski definition) is 4. The number of amides is 2. The number of para-hydroxylation sites is 1. The zero-order valence-electron chi connectivity index (χ0n) is 17.5. The number of rotatable bonds is 7. The highest BCUT2D eigenvalue weighted by atomic mass is 32.1. The summed E-state index contributed by atoms with van der Waals surface area (Å²) in [5.74, 6) is 0.644. The van der Waals surface area contributed by atoms with Crippen molar-refractivity contribution < 1.29 is 14.6 Å². The van der Waals surface area contributed by atoms with Gasteiger partial charge >= 0.3 is 6.03 Å². The number of nitrogens with one attached hydrogen (secondary N) is 3. The Morgan fingerprint density at radius 2 is 1.94 bits per heavy atom. The first-order valence-corrected chi connectivity index (χ1v) is 10.8. The predicted molar refractivity (Wildman–Crippen MR) is 123 cm³/mol. The first kappa shape index (κ1) is 21.1. The molecule has 0 aliphatic heterocycles. The minimum Gasteiger partial charge on any atom is -0.471 e. The molecule has 8 nitrogen and oxygen atoms in total. The van der Waals surface area contributed by atoms with Crippen LogP contribution in [0.3, 0.4) is 0 Å². The van der Waals surface area contributed by atoms with Crippen LogP contribution >= 0.6 is 11.3 Å². The molecule has 0 bridgehead atoms. The van der Waals surface area contributed by atoms with E-state index in [0.717, 1.165) is 20.9 Å². The number of aryl methyl sites for hydroxylation is 1. The lowest BCUT2D eigenvalue weighted by Crippen LogP contribution is -2.54. The number of aliphatic hydroxyl groups is 1. The lowest BCUT2D eigenvalue weighted by molar-refractivity contribution is 0.0199. The predicted octanol–water partition coefficient (Wildman–Crippen LogP) is 3.70. The second-order valence-electron chi connectivity index (χ2n) is 7.37. The molecule has 3 unspecified atom stereocenters. The fraction of sp³-hybridized carbons (Fsp3) is 0.273. The Bertz CT molecular complexity index is 1190. The molecule has 2 aromatic heterocycles. The maximum atomic E-state index is 12.2. The number of nitrogens with zero attached hydrogens (tertiary/aromatic N) is 2. The number of fused-ring (bicyclic) bond motifs is 3. The molecule has 31 heavy (non-hydrogen) atoms. The first-order chi connectivity index (χ1) is 14.9. The fourth-order valence-electron chi connectivity index (χ4n) is 3.28. The molecule has 162 valence electrons. The van der Waals surface area contributed by atoms with Gasteiger partial charge in [-0.25, -0.2) is 9.78 Å². The standard InChI is InChI=1S/C22H25N5O3S/c1-13-12-27-17-10-7-11-18(19(17)31-22(27)23-13)30-20(14(2)28)24-15(3)25-21(29)26-16-8-5-4-6-9-16/h4-12,14-15,20,24,28H,1-3H3,(H2,25,26,29). The van der Waals surface area contributed by atoms with Gasteiger partial charge in [0.05, 0.1) is 22.1 Å². The number of hydrogen-bond acceptors (Lipinski definition) is 6. The Labute approximate surface area is 183 Å². The zero-order valence-corrected chi connectivity index (χ0v) is 18.3. The Morgan fingerprint density at radius 3 is 2.68 bits per heavy atom. The number of aromatic nitrogens is 2. The minimum atomic E-state index is -0.817. The molecule has 0 saturated carbocycles. The monoisotopic (exact) mass is 439 g/mol. The van der Waals surface area contributed by atoms with Crippen LogP contribution in [0.15, 0.2) is 54.7 Å². The van der Waals surface area contributed by atoms with Crippen molar-refractivity contribution in [3.63, 3.8) is 0 Å². The Hall–Kier alpha value is -3.14. The van der Waals surface area contributed by atoms with E-state index in [0.29, 0.717) is 11.4 Å². The third-order valence-corrected chi connectivity index (χ3v) is 5.78. The maximum absolute atomic E-state index is 12.2. The highest BCUT2D eigenvalue weighted by Gasteiger charge is 2.22. The van der Waals surface area contributed by atoms with E-state index in [4.69, 9.17) is 4.74 Å². The molecule has 4 N–H and O–H groups in total. The van der Waals surface area contributed by atoms with Crippen molar-refractivity contribution in [3.8, 4) is 5.75 Å². The van der Waals surface area contributed by atoms with E-state index in [9.17, 15) is 9.90 Å². The van der Waals surface area contributed by atoms with Crippen molar-refractivity contribution in [3.05, 3.63) is 60.4 Å². The number of benzene rings is 2. The van der Waals surface area contributed by atoms with E-state index in [2.05, 4.69) is 20.9 Å². The highest BCUT2D eigenvalue weighted by Crippen LogP contribution is 2.34. The molecule has 0 aliphatic carbocycles. The lowest BCUT2D eigenvalue weighted by Gasteiger charge is -2.27. The van der Waals surface area contributed by atoms with Gasteiger partial charge in [-0.15, -0.1) is 0 Å². The van der Waals surface area contributed by atoms with Gasteiger partial charge in [0.2, 0.25) is 0 Å². The van der Waals surface area contributed by atoms with Gasteiger partial charge in [0.1, 0.15) is 11.9 Å². The van der Waals surface area contributed by atoms with Crippen LogP contribution in [-0.2, 0) is 0 Å². The van der Waals surface area contributed by atoms with Crippen molar-refractivity contribution in [1.29, 1.82) is 0 Å². The summed E-state index contributed by atoms with van der Waals surface area (Å²) in [5.41, 5.74) is 2.65. The van der Waals surface area contributed by atoms with E-state index in [1.807, 2.05) is 53.9 Å². The molecular weight excluding hydrogens is 414 g/mol. The van der Waals surface area contributed by atoms with Crippen LogP contribution in [0.25, 0.3) is 15.2 Å².